The zero-order valence-corrected chi connectivity index (χ0v) is 28.7. The minimum atomic E-state index is -1.30. The van der Waals surface area contributed by atoms with Crippen molar-refractivity contribution in [2.24, 2.45) is 5.92 Å². The molecule has 3 N–H and O–H groups in total. The molecule has 2 saturated heterocycles. The lowest BCUT2D eigenvalue weighted by molar-refractivity contribution is 0.0694. The molecule has 12 heteroatoms. The summed E-state index contributed by atoms with van der Waals surface area (Å²) >= 11 is 0. The van der Waals surface area contributed by atoms with Crippen LogP contribution in [0.2, 0.25) is 0 Å². The lowest BCUT2D eigenvalue weighted by Gasteiger charge is -2.36. The Morgan fingerprint density at radius 1 is 1.02 bits per heavy atom. The first-order chi connectivity index (χ1) is 24.1. The summed E-state index contributed by atoms with van der Waals surface area (Å²) in [5.41, 5.74) is 2.54. The molecule has 4 aromatic rings. The Hall–Kier alpha value is -4.71. The number of rotatable bonds is 12. The van der Waals surface area contributed by atoms with Crippen molar-refractivity contribution in [1.29, 1.82) is 0 Å². The van der Waals surface area contributed by atoms with Crippen LogP contribution in [0.3, 0.4) is 0 Å². The van der Waals surface area contributed by atoms with E-state index >= 15 is 4.39 Å². The number of aromatic nitrogens is 3. The van der Waals surface area contributed by atoms with E-state index in [1.807, 2.05) is 22.8 Å². The van der Waals surface area contributed by atoms with Crippen LogP contribution in [0.4, 0.5) is 21.6 Å². The summed E-state index contributed by atoms with van der Waals surface area (Å²) in [6.45, 7) is 7.77. The van der Waals surface area contributed by atoms with Crippen molar-refractivity contribution < 1.29 is 14.3 Å². The number of anilines is 3. The number of pyridine rings is 1. The topological polar surface area (TPSA) is 133 Å². The lowest BCUT2D eigenvalue weighted by atomic mass is 9.92. The molecule has 0 amide bonds. The number of carboxylic acids is 1. The number of carboxylic acid groups (broad SMARTS) is 1. The van der Waals surface area contributed by atoms with Gasteiger partial charge in [-0.2, -0.15) is 0 Å². The van der Waals surface area contributed by atoms with Crippen molar-refractivity contribution >= 4 is 34.1 Å². The van der Waals surface area contributed by atoms with Crippen LogP contribution in [0.15, 0.2) is 57.0 Å². The molecule has 2 aromatic carbocycles. The van der Waals surface area contributed by atoms with E-state index < -0.39 is 22.9 Å². The number of piperidine rings is 1. The fourth-order valence-electron chi connectivity index (χ4n) is 8.00. The van der Waals surface area contributed by atoms with E-state index in [2.05, 4.69) is 33.9 Å². The molecule has 3 fully saturated rings. The average Bonchev–Trinajstić information content (AvgIpc) is 3.84. The van der Waals surface area contributed by atoms with Gasteiger partial charge in [-0.3, -0.25) is 24.0 Å². The van der Waals surface area contributed by atoms with Gasteiger partial charge in [-0.25, -0.2) is 14.0 Å². The third-order valence-electron chi connectivity index (χ3n) is 10.9. The molecule has 2 aromatic heterocycles. The quantitative estimate of drug-likeness (QED) is 0.169. The van der Waals surface area contributed by atoms with Gasteiger partial charge in [0, 0.05) is 55.1 Å². The van der Waals surface area contributed by atoms with Crippen LogP contribution >= 0.6 is 0 Å². The summed E-state index contributed by atoms with van der Waals surface area (Å²) in [4.78, 5) is 57.7. The van der Waals surface area contributed by atoms with Crippen LogP contribution in [0.1, 0.15) is 79.4 Å². The molecule has 1 aliphatic carbocycles. The predicted molar refractivity (Wildman–Crippen MR) is 193 cm³/mol. The molecule has 2 atom stereocenters. The van der Waals surface area contributed by atoms with Crippen molar-refractivity contribution in [2.75, 3.05) is 36.4 Å². The number of carbonyl (C=O) groups is 1. The molecule has 2 unspecified atom stereocenters. The van der Waals surface area contributed by atoms with E-state index in [1.54, 1.807) is 6.07 Å². The van der Waals surface area contributed by atoms with E-state index in [0.29, 0.717) is 42.5 Å². The average molecular weight is 685 g/mol. The summed E-state index contributed by atoms with van der Waals surface area (Å²) < 4.78 is 18.8. The Balaban J connectivity index is 0.964. The van der Waals surface area contributed by atoms with Gasteiger partial charge < -0.3 is 19.9 Å². The summed E-state index contributed by atoms with van der Waals surface area (Å²) in [5, 5.41) is 12.8. The number of hydrogen-bond acceptors (Lipinski definition) is 7. The van der Waals surface area contributed by atoms with Gasteiger partial charge in [0.25, 0.3) is 5.56 Å². The fraction of sp³-hybridized carbons (Fsp3) is 0.474. The van der Waals surface area contributed by atoms with E-state index in [-0.39, 0.29) is 28.6 Å². The molecule has 7 rings (SSSR count). The number of nitrogens with zero attached hydrogens (tertiary/aromatic N) is 4. The van der Waals surface area contributed by atoms with E-state index in [0.717, 1.165) is 70.3 Å². The summed E-state index contributed by atoms with van der Waals surface area (Å²) in [5.74, 6) is -1.02. The van der Waals surface area contributed by atoms with Gasteiger partial charge in [-0.15, -0.1) is 0 Å². The van der Waals surface area contributed by atoms with Crippen molar-refractivity contribution in [3.63, 3.8) is 0 Å². The van der Waals surface area contributed by atoms with Gasteiger partial charge in [0.05, 0.1) is 11.2 Å². The second kappa shape index (κ2) is 13.9. The van der Waals surface area contributed by atoms with Crippen LogP contribution in [0.5, 0.6) is 0 Å². The molecule has 1 saturated carbocycles. The number of unbranched alkanes of at least 4 members (excludes halogenated alkanes) is 2. The number of aryl methyl sites for hydroxylation is 2. The second-order valence-corrected chi connectivity index (χ2v) is 14.2. The number of fused-ring (bicyclic) bond motifs is 2. The largest absolute Gasteiger partial charge is 0.477 e. The Bertz CT molecular complexity index is 2090. The SMILES string of the molecule is CCc1cc(Nc2cc(=O)n(CCCCCN3CCCC4CN(c5cc6c(cc5F)c(=O)c(C(=O)O)cn6C5CC5)CC43)c(=O)[nH]2)ccc1C. The molecule has 4 heterocycles. The first-order valence-corrected chi connectivity index (χ1v) is 17.9. The van der Waals surface area contributed by atoms with E-state index in [9.17, 15) is 24.3 Å². The maximum atomic E-state index is 15.7. The third-order valence-corrected chi connectivity index (χ3v) is 10.9. The molecule has 0 radical (unpaired) electrons. The van der Waals surface area contributed by atoms with Crippen LogP contribution in [0.25, 0.3) is 10.9 Å². The standard InChI is InChI=1S/C38H45FN6O5/c1-3-24-16-26(10-9-23(24)2)40-34-19-35(46)44(38(50)41-34)15-6-4-5-13-42-14-7-8-25-20-43(22-33(25)42)32-18-31-28(17-30(32)39)36(47)29(37(48)49)21-45(31)27-11-12-27/h9-10,16-19,21,25,27,33,40H,3-8,11-15,20,22H2,1-2H3,(H,41,50)(H,48,49). The number of likely N-dealkylation sites (tertiary alicyclic amines) is 1. The number of benzene rings is 2. The molecule has 50 heavy (non-hydrogen) atoms. The maximum absolute atomic E-state index is 15.7. The lowest BCUT2D eigenvalue weighted by Crippen LogP contribution is -2.45. The van der Waals surface area contributed by atoms with Gasteiger partial charge in [0.15, 0.2) is 0 Å². The number of aromatic amines is 1. The number of nitrogens with one attached hydrogen (secondary N) is 2. The van der Waals surface area contributed by atoms with Gasteiger partial charge >= 0.3 is 11.7 Å². The summed E-state index contributed by atoms with van der Waals surface area (Å²) in [7, 11) is 0. The highest BCUT2D eigenvalue weighted by atomic mass is 19.1. The highest BCUT2D eigenvalue weighted by Gasteiger charge is 2.40. The van der Waals surface area contributed by atoms with E-state index in [4.69, 9.17) is 0 Å². The smallest absolute Gasteiger partial charge is 0.341 e. The van der Waals surface area contributed by atoms with Crippen LogP contribution in [-0.4, -0.2) is 62.3 Å². The zero-order valence-electron chi connectivity index (χ0n) is 28.7. The van der Waals surface area contributed by atoms with Gasteiger partial charge in [0.2, 0.25) is 5.43 Å². The minimum Gasteiger partial charge on any atom is -0.477 e. The highest BCUT2D eigenvalue weighted by molar-refractivity contribution is 5.93. The Labute approximate surface area is 289 Å². The number of hydrogen-bond donors (Lipinski definition) is 3. The second-order valence-electron chi connectivity index (χ2n) is 14.2. The van der Waals surface area contributed by atoms with Crippen molar-refractivity contribution in [3.8, 4) is 0 Å². The van der Waals surface area contributed by atoms with Crippen molar-refractivity contribution in [2.45, 2.75) is 83.8 Å². The molecule has 3 aliphatic rings. The number of H-pyrrole nitrogens is 1. The molecule has 0 bridgehead atoms. The van der Waals surface area contributed by atoms with E-state index in [1.165, 1.54) is 34.0 Å². The normalized spacial score (nSPS) is 19.2. The molecule has 264 valence electrons. The molecule has 0 spiro atoms. The number of halogens is 1. The van der Waals surface area contributed by atoms with Gasteiger partial charge in [0.1, 0.15) is 17.2 Å². The molecular formula is C38H45FN6O5. The first kappa shape index (κ1) is 33.8. The molecular weight excluding hydrogens is 639 g/mol. The van der Waals surface area contributed by atoms with Crippen molar-refractivity contribution in [1.82, 2.24) is 19.0 Å². The third kappa shape index (κ3) is 6.73. The summed E-state index contributed by atoms with van der Waals surface area (Å²) in [6, 6.07) is 10.8. The minimum absolute atomic E-state index is 0.112. The van der Waals surface area contributed by atoms with Crippen LogP contribution in [0, 0.1) is 18.7 Å². The van der Waals surface area contributed by atoms with Gasteiger partial charge in [-0.1, -0.05) is 19.4 Å². The first-order valence-electron chi connectivity index (χ1n) is 17.9. The zero-order chi connectivity index (χ0) is 35.1. The monoisotopic (exact) mass is 684 g/mol. The highest BCUT2D eigenvalue weighted by Crippen LogP contribution is 2.40. The Morgan fingerprint density at radius 2 is 1.82 bits per heavy atom. The Morgan fingerprint density at radius 3 is 2.56 bits per heavy atom. The summed E-state index contributed by atoms with van der Waals surface area (Å²) in [6.07, 6.45) is 8.75. The Kier molecular flexibility index (Phi) is 9.38. The van der Waals surface area contributed by atoms with Crippen LogP contribution in [-0.2, 0) is 13.0 Å². The van der Waals surface area contributed by atoms with Crippen LogP contribution < -0.4 is 26.9 Å². The fourth-order valence-corrected chi connectivity index (χ4v) is 8.00. The molecule has 2 aliphatic heterocycles. The maximum Gasteiger partial charge on any atom is 0.341 e. The predicted octanol–water partition coefficient (Wildman–Crippen LogP) is 5.41. The molecule has 11 nitrogen and oxygen atoms in total. The number of aromatic carboxylic acids is 1. The van der Waals surface area contributed by atoms with Gasteiger partial charge in [-0.05, 0) is 106 Å². The van der Waals surface area contributed by atoms with Crippen molar-refractivity contribution in [3.05, 3.63) is 96.2 Å².